The van der Waals surface area contributed by atoms with Gasteiger partial charge in [0.2, 0.25) is 5.91 Å². The van der Waals surface area contributed by atoms with E-state index >= 15 is 0 Å². The van der Waals surface area contributed by atoms with Gasteiger partial charge in [0.15, 0.2) is 0 Å². The number of aliphatic hydroxyl groups is 1. The number of hydrogen-bond donors (Lipinski definition) is 2. The van der Waals surface area contributed by atoms with Crippen LogP contribution in [0.4, 0.5) is 0 Å². The third kappa shape index (κ3) is 3.31. The fourth-order valence-corrected chi connectivity index (χ4v) is 2.39. The Balaban J connectivity index is 2.42. The molecule has 1 atom stereocenters. The van der Waals surface area contributed by atoms with E-state index in [-0.39, 0.29) is 12.5 Å². The van der Waals surface area contributed by atoms with Gasteiger partial charge in [-0.3, -0.25) is 4.79 Å². The van der Waals surface area contributed by atoms with Gasteiger partial charge in [0.1, 0.15) is 0 Å². The van der Waals surface area contributed by atoms with Crippen LogP contribution in [-0.4, -0.2) is 23.7 Å². The molecule has 0 aliphatic carbocycles. The second kappa shape index (κ2) is 6.55. The summed E-state index contributed by atoms with van der Waals surface area (Å²) >= 11 is 0. The summed E-state index contributed by atoms with van der Waals surface area (Å²) in [5.74, 6) is -0.110. The van der Waals surface area contributed by atoms with Crippen molar-refractivity contribution in [3.63, 3.8) is 0 Å². The van der Waals surface area contributed by atoms with Crippen molar-refractivity contribution in [3.8, 4) is 0 Å². The van der Waals surface area contributed by atoms with Crippen LogP contribution in [0.25, 0.3) is 0 Å². The van der Waals surface area contributed by atoms with Crippen molar-refractivity contribution in [2.24, 2.45) is 0 Å². The van der Waals surface area contributed by atoms with E-state index in [1.54, 1.807) is 6.92 Å². The summed E-state index contributed by atoms with van der Waals surface area (Å²) in [7, 11) is 0. The molecule has 0 saturated heterocycles. The summed E-state index contributed by atoms with van der Waals surface area (Å²) in [5, 5.41) is 12.2. The first-order valence-electron chi connectivity index (χ1n) is 7.12. The lowest BCUT2D eigenvalue weighted by atomic mass is 9.75. The number of benzene rings is 2. The highest BCUT2D eigenvalue weighted by molar-refractivity contribution is 5.91. The zero-order valence-corrected chi connectivity index (χ0v) is 12.4. The molecular formula is C18H21NO2. The van der Waals surface area contributed by atoms with E-state index in [1.807, 2.05) is 67.6 Å². The van der Waals surface area contributed by atoms with E-state index in [2.05, 4.69) is 5.32 Å². The lowest BCUT2D eigenvalue weighted by Crippen LogP contribution is -2.45. The van der Waals surface area contributed by atoms with Gasteiger partial charge >= 0.3 is 0 Å². The Hall–Kier alpha value is -2.13. The Morgan fingerprint density at radius 1 is 1.05 bits per heavy atom. The van der Waals surface area contributed by atoms with E-state index in [1.165, 1.54) is 0 Å². The van der Waals surface area contributed by atoms with Gasteiger partial charge in [-0.05, 0) is 25.0 Å². The normalized spacial score (nSPS) is 12.7. The number of carbonyl (C=O) groups excluding carboxylic acids is 1. The van der Waals surface area contributed by atoms with Crippen LogP contribution in [0.3, 0.4) is 0 Å². The molecule has 0 bridgehead atoms. The minimum absolute atomic E-state index is 0.110. The van der Waals surface area contributed by atoms with Gasteiger partial charge < -0.3 is 10.4 Å². The summed E-state index contributed by atoms with van der Waals surface area (Å²) in [6.45, 7) is 3.81. The van der Waals surface area contributed by atoms with Crippen molar-refractivity contribution >= 4 is 5.91 Å². The predicted octanol–water partition coefficient (Wildman–Crippen LogP) is 2.49. The highest BCUT2D eigenvalue weighted by Gasteiger charge is 2.36. The monoisotopic (exact) mass is 283 g/mol. The molecule has 1 unspecified atom stereocenters. The number of nitrogens with one attached hydrogen (secondary N) is 1. The lowest BCUT2D eigenvalue weighted by molar-refractivity contribution is -0.125. The molecule has 0 heterocycles. The topological polar surface area (TPSA) is 49.3 Å². The number of amides is 1. The van der Waals surface area contributed by atoms with Crippen molar-refractivity contribution in [2.45, 2.75) is 25.4 Å². The van der Waals surface area contributed by atoms with Gasteiger partial charge in [-0.2, -0.15) is 0 Å². The first-order valence-corrected chi connectivity index (χ1v) is 7.12. The van der Waals surface area contributed by atoms with Crippen LogP contribution in [0, 0.1) is 0 Å². The van der Waals surface area contributed by atoms with Gasteiger partial charge in [-0.1, -0.05) is 60.7 Å². The summed E-state index contributed by atoms with van der Waals surface area (Å²) in [5.41, 5.74) is 1.08. The molecule has 21 heavy (non-hydrogen) atoms. The standard InChI is InChI=1S/C18H21NO2/c1-14(20)13-19-17(21)18(2,15-9-5-3-6-10-15)16-11-7-4-8-12-16/h3-12,14,20H,13H2,1-2H3,(H,19,21). The highest BCUT2D eigenvalue weighted by Crippen LogP contribution is 2.32. The molecule has 0 spiro atoms. The third-order valence-electron chi connectivity index (χ3n) is 3.71. The predicted molar refractivity (Wildman–Crippen MR) is 84.0 cm³/mol. The first kappa shape index (κ1) is 15.3. The van der Waals surface area contributed by atoms with Crippen LogP contribution >= 0.6 is 0 Å². The number of hydrogen-bond acceptors (Lipinski definition) is 2. The Morgan fingerprint density at radius 2 is 1.48 bits per heavy atom. The molecule has 3 nitrogen and oxygen atoms in total. The Labute approximate surface area is 125 Å². The van der Waals surface area contributed by atoms with Crippen molar-refractivity contribution in [1.29, 1.82) is 0 Å². The molecule has 0 saturated carbocycles. The van der Waals surface area contributed by atoms with E-state index in [0.717, 1.165) is 11.1 Å². The second-order valence-corrected chi connectivity index (χ2v) is 5.42. The van der Waals surface area contributed by atoms with Gasteiger partial charge in [-0.25, -0.2) is 0 Å². The SMILES string of the molecule is CC(O)CNC(=O)C(C)(c1ccccc1)c1ccccc1. The molecule has 0 aromatic heterocycles. The maximum Gasteiger partial charge on any atom is 0.234 e. The summed E-state index contributed by atoms with van der Waals surface area (Å²) in [6.07, 6.45) is -0.565. The smallest absolute Gasteiger partial charge is 0.234 e. The molecule has 2 N–H and O–H groups in total. The summed E-state index contributed by atoms with van der Waals surface area (Å²) in [6, 6.07) is 19.4. The van der Waals surface area contributed by atoms with Crippen LogP contribution in [0.2, 0.25) is 0 Å². The van der Waals surface area contributed by atoms with Crippen LogP contribution < -0.4 is 5.32 Å². The molecule has 2 rings (SSSR count). The first-order chi connectivity index (χ1) is 10.0. The van der Waals surface area contributed by atoms with Crippen molar-refractivity contribution in [3.05, 3.63) is 71.8 Å². The Kier molecular flexibility index (Phi) is 4.76. The molecule has 0 radical (unpaired) electrons. The molecule has 0 fully saturated rings. The van der Waals surface area contributed by atoms with Crippen molar-refractivity contribution in [1.82, 2.24) is 5.32 Å². The minimum atomic E-state index is -0.780. The van der Waals surface area contributed by atoms with Gasteiger partial charge in [-0.15, -0.1) is 0 Å². The van der Waals surface area contributed by atoms with Gasteiger partial charge in [0.25, 0.3) is 0 Å². The fraction of sp³-hybridized carbons (Fsp3) is 0.278. The molecular weight excluding hydrogens is 262 g/mol. The highest BCUT2D eigenvalue weighted by atomic mass is 16.3. The minimum Gasteiger partial charge on any atom is -0.392 e. The zero-order valence-electron chi connectivity index (χ0n) is 12.4. The number of aliphatic hydroxyl groups excluding tert-OH is 1. The van der Waals surface area contributed by atoms with Crippen LogP contribution in [0.15, 0.2) is 60.7 Å². The maximum absolute atomic E-state index is 12.7. The number of rotatable bonds is 5. The second-order valence-electron chi connectivity index (χ2n) is 5.42. The average Bonchev–Trinajstić information content (AvgIpc) is 2.53. The Bertz CT molecular complexity index is 539. The van der Waals surface area contributed by atoms with E-state index in [0.29, 0.717) is 0 Å². The maximum atomic E-state index is 12.7. The van der Waals surface area contributed by atoms with Crippen LogP contribution in [-0.2, 0) is 10.2 Å². The van der Waals surface area contributed by atoms with Crippen LogP contribution in [0.1, 0.15) is 25.0 Å². The Morgan fingerprint density at radius 3 is 1.86 bits per heavy atom. The molecule has 2 aromatic rings. The molecule has 0 aliphatic heterocycles. The van der Waals surface area contributed by atoms with Crippen molar-refractivity contribution < 1.29 is 9.90 Å². The lowest BCUT2D eigenvalue weighted by Gasteiger charge is -2.30. The van der Waals surface area contributed by atoms with Crippen molar-refractivity contribution in [2.75, 3.05) is 6.54 Å². The molecule has 0 aliphatic rings. The third-order valence-corrected chi connectivity index (χ3v) is 3.71. The molecule has 110 valence electrons. The van der Waals surface area contributed by atoms with Gasteiger partial charge in [0.05, 0.1) is 11.5 Å². The summed E-state index contributed by atoms with van der Waals surface area (Å²) in [4.78, 5) is 12.7. The van der Waals surface area contributed by atoms with E-state index < -0.39 is 11.5 Å². The average molecular weight is 283 g/mol. The zero-order chi connectivity index (χ0) is 15.3. The molecule has 1 amide bonds. The molecule has 2 aromatic carbocycles. The van der Waals surface area contributed by atoms with Gasteiger partial charge in [0, 0.05) is 6.54 Å². The summed E-state index contributed by atoms with van der Waals surface area (Å²) < 4.78 is 0. The molecule has 3 heteroatoms. The van der Waals surface area contributed by atoms with E-state index in [9.17, 15) is 9.90 Å². The van der Waals surface area contributed by atoms with E-state index in [4.69, 9.17) is 0 Å². The van der Waals surface area contributed by atoms with Crippen LogP contribution in [0.5, 0.6) is 0 Å². The largest absolute Gasteiger partial charge is 0.392 e. The number of carbonyl (C=O) groups is 1. The fourth-order valence-electron chi connectivity index (χ4n) is 2.39. The quantitative estimate of drug-likeness (QED) is 0.885.